The highest BCUT2D eigenvalue weighted by atomic mass is 35.5. The van der Waals surface area contributed by atoms with Crippen molar-refractivity contribution >= 4 is 44.8 Å². The van der Waals surface area contributed by atoms with Crippen molar-refractivity contribution in [2.24, 2.45) is 5.92 Å². The van der Waals surface area contributed by atoms with Crippen LogP contribution in [0.15, 0.2) is 47.4 Å². The first-order valence-electron chi connectivity index (χ1n) is 9.55. The first-order chi connectivity index (χ1) is 13.7. The van der Waals surface area contributed by atoms with Crippen molar-refractivity contribution in [2.45, 2.75) is 37.5 Å². The number of hydrogen-bond acceptors (Lipinski definition) is 3. The van der Waals surface area contributed by atoms with Crippen LogP contribution in [0.3, 0.4) is 0 Å². The molecule has 0 aliphatic carbocycles. The fourth-order valence-corrected chi connectivity index (χ4v) is 6.00. The molecule has 8 heteroatoms. The Hall–Kier alpha value is -1.60. The number of anilines is 1. The fourth-order valence-electron chi connectivity index (χ4n) is 3.44. The van der Waals surface area contributed by atoms with Gasteiger partial charge >= 0.3 is 0 Å². The number of carbonyl (C=O) groups is 1. The van der Waals surface area contributed by atoms with E-state index in [0.717, 1.165) is 11.3 Å². The Morgan fingerprint density at radius 2 is 1.66 bits per heavy atom. The van der Waals surface area contributed by atoms with E-state index in [2.05, 4.69) is 19.2 Å². The summed E-state index contributed by atoms with van der Waals surface area (Å²) >= 11 is 12.2. The molecule has 1 N–H and O–H groups in total. The molecular weight excluding hydrogens is 431 g/mol. The van der Waals surface area contributed by atoms with Crippen LogP contribution < -0.4 is 5.32 Å². The molecule has 0 unspecified atom stereocenters. The summed E-state index contributed by atoms with van der Waals surface area (Å²) in [5.74, 6) is 0.0431. The van der Waals surface area contributed by atoms with Crippen LogP contribution in [0, 0.1) is 5.92 Å². The van der Waals surface area contributed by atoms with Gasteiger partial charge in [-0.05, 0) is 48.6 Å². The van der Waals surface area contributed by atoms with Crippen molar-refractivity contribution in [2.75, 3.05) is 18.4 Å². The summed E-state index contributed by atoms with van der Waals surface area (Å²) in [5, 5.41) is 3.16. The lowest BCUT2D eigenvalue weighted by Gasteiger charge is -2.31. The minimum atomic E-state index is -3.81. The number of benzene rings is 2. The zero-order valence-electron chi connectivity index (χ0n) is 16.4. The van der Waals surface area contributed by atoms with E-state index in [1.807, 2.05) is 24.3 Å². The van der Waals surface area contributed by atoms with Crippen molar-refractivity contribution in [1.82, 2.24) is 4.31 Å². The molecule has 0 aromatic heterocycles. The molecule has 29 heavy (non-hydrogen) atoms. The zero-order valence-corrected chi connectivity index (χ0v) is 18.7. The molecule has 0 saturated carbocycles. The standard InChI is InChI=1S/C21H24Cl2N2O3S/c1-14(2)16-5-3-6-17(13-16)24-21(26)15-9-11-25(12-10-15)29(27,28)20-18(22)7-4-8-19(20)23/h3-8,13-15H,9-12H2,1-2H3,(H,24,26). The highest BCUT2D eigenvalue weighted by Crippen LogP contribution is 2.33. The Labute approximate surface area is 182 Å². The molecular formula is C21H24Cl2N2O3S. The predicted octanol–water partition coefficient (Wildman–Crippen LogP) is 5.16. The van der Waals surface area contributed by atoms with Crippen LogP contribution in [0.1, 0.15) is 38.2 Å². The number of nitrogens with zero attached hydrogens (tertiary/aromatic N) is 1. The summed E-state index contributed by atoms with van der Waals surface area (Å²) in [6, 6.07) is 12.4. The van der Waals surface area contributed by atoms with Gasteiger partial charge in [-0.2, -0.15) is 4.31 Å². The number of halogens is 2. The topological polar surface area (TPSA) is 66.5 Å². The Morgan fingerprint density at radius 1 is 1.07 bits per heavy atom. The van der Waals surface area contributed by atoms with E-state index in [1.54, 1.807) is 6.07 Å². The molecule has 0 radical (unpaired) electrons. The van der Waals surface area contributed by atoms with E-state index in [-0.39, 0.29) is 39.9 Å². The van der Waals surface area contributed by atoms with E-state index in [1.165, 1.54) is 16.4 Å². The minimum absolute atomic E-state index is 0.0725. The quantitative estimate of drug-likeness (QED) is 0.678. The number of carbonyl (C=O) groups excluding carboxylic acids is 1. The fraction of sp³-hybridized carbons (Fsp3) is 0.381. The first-order valence-corrected chi connectivity index (χ1v) is 11.7. The van der Waals surface area contributed by atoms with Gasteiger partial charge in [0.15, 0.2) is 0 Å². The van der Waals surface area contributed by atoms with Crippen LogP contribution in [0.2, 0.25) is 10.0 Å². The lowest BCUT2D eigenvalue weighted by Crippen LogP contribution is -2.41. The molecule has 1 aliphatic heterocycles. The van der Waals surface area contributed by atoms with Crippen LogP contribution >= 0.6 is 23.2 Å². The molecule has 1 aliphatic rings. The molecule has 1 heterocycles. The maximum Gasteiger partial charge on any atom is 0.246 e. The number of piperidine rings is 1. The Morgan fingerprint density at radius 3 is 2.24 bits per heavy atom. The maximum absolute atomic E-state index is 13.0. The van der Waals surface area contributed by atoms with E-state index in [0.29, 0.717) is 18.8 Å². The molecule has 5 nitrogen and oxygen atoms in total. The lowest BCUT2D eigenvalue weighted by molar-refractivity contribution is -0.120. The van der Waals surface area contributed by atoms with Gasteiger partial charge < -0.3 is 5.32 Å². The number of rotatable bonds is 5. The summed E-state index contributed by atoms with van der Waals surface area (Å²) in [6.45, 7) is 4.69. The van der Waals surface area contributed by atoms with Crippen LogP contribution in [-0.2, 0) is 14.8 Å². The highest BCUT2D eigenvalue weighted by Gasteiger charge is 2.34. The van der Waals surface area contributed by atoms with Crippen molar-refractivity contribution < 1.29 is 13.2 Å². The summed E-state index contributed by atoms with van der Waals surface area (Å²) in [6.07, 6.45) is 0.883. The van der Waals surface area contributed by atoms with Crippen LogP contribution in [0.4, 0.5) is 5.69 Å². The van der Waals surface area contributed by atoms with Crippen LogP contribution in [-0.4, -0.2) is 31.7 Å². The van der Waals surface area contributed by atoms with Crippen molar-refractivity contribution in [3.63, 3.8) is 0 Å². The number of hydrogen-bond donors (Lipinski definition) is 1. The van der Waals surface area contributed by atoms with Gasteiger partial charge in [-0.25, -0.2) is 8.42 Å². The second kappa shape index (κ2) is 9.04. The molecule has 2 aromatic carbocycles. The minimum Gasteiger partial charge on any atom is -0.326 e. The second-order valence-electron chi connectivity index (χ2n) is 7.50. The molecule has 0 bridgehead atoms. The number of nitrogens with one attached hydrogen (secondary N) is 1. The average molecular weight is 455 g/mol. The molecule has 1 fully saturated rings. The van der Waals surface area contributed by atoms with Gasteiger partial charge in [-0.1, -0.05) is 55.2 Å². The molecule has 3 rings (SSSR count). The Balaban J connectivity index is 1.66. The molecule has 156 valence electrons. The zero-order chi connectivity index (χ0) is 21.2. The third-order valence-corrected chi connectivity index (χ3v) is 8.02. The first kappa shape index (κ1) is 22.1. The van der Waals surface area contributed by atoms with Crippen molar-refractivity contribution in [3.05, 3.63) is 58.1 Å². The SMILES string of the molecule is CC(C)c1cccc(NC(=O)C2CCN(S(=O)(=O)c3c(Cl)cccc3Cl)CC2)c1. The summed E-state index contributed by atoms with van der Waals surface area (Å²) in [7, 11) is -3.81. The molecule has 0 spiro atoms. The molecule has 2 aromatic rings. The average Bonchev–Trinajstić information content (AvgIpc) is 2.68. The molecule has 1 amide bonds. The van der Waals surface area contributed by atoms with Crippen LogP contribution in [0.5, 0.6) is 0 Å². The van der Waals surface area contributed by atoms with Gasteiger partial charge in [-0.3, -0.25) is 4.79 Å². The Kier molecular flexibility index (Phi) is 6.89. The number of amides is 1. The van der Waals surface area contributed by atoms with E-state index < -0.39 is 10.0 Å². The smallest absolute Gasteiger partial charge is 0.246 e. The van der Waals surface area contributed by atoms with Gasteiger partial charge in [0.05, 0.1) is 10.0 Å². The monoisotopic (exact) mass is 454 g/mol. The second-order valence-corrected chi connectivity index (χ2v) is 10.2. The van der Waals surface area contributed by atoms with Gasteiger partial charge in [0.2, 0.25) is 15.9 Å². The van der Waals surface area contributed by atoms with Crippen LogP contribution in [0.25, 0.3) is 0 Å². The van der Waals surface area contributed by atoms with Crippen molar-refractivity contribution in [1.29, 1.82) is 0 Å². The van der Waals surface area contributed by atoms with E-state index in [4.69, 9.17) is 23.2 Å². The maximum atomic E-state index is 13.0. The third kappa shape index (κ3) is 4.94. The van der Waals surface area contributed by atoms with Gasteiger partial charge in [0.25, 0.3) is 0 Å². The summed E-state index contributed by atoms with van der Waals surface area (Å²) in [4.78, 5) is 12.6. The molecule has 1 saturated heterocycles. The van der Waals surface area contributed by atoms with E-state index >= 15 is 0 Å². The van der Waals surface area contributed by atoms with Crippen molar-refractivity contribution in [3.8, 4) is 0 Å². The van der Waals surface area contributed by atoms with Gasteiger partial charge in [0, 0.05) is 24.7 Å². The summed E-state index contributed by atoms with van der Waals surface area (Å²) < 4.78 is 27.3. The van der Waals surface area contributed by atoms with E-state index in [9.17, 15) is 13.2 Å². The van der Waals surface area contributed by atoms with Gasteiger partial charge in [-0.15, -0.1) is 0 Å². The molecule has 0 atom stereocenters. The lowest BCUT2D eigenvalue weighted by atomic mass is 9.97. The normalized spacial score (nSPS) is 16.2. The summed E-state index contributed by atoms with van der Waals surface area (Å²) in [5.41, 5.74) is 1.92. The number of sulfonamides is 1. The predicted molar refractivity (Wildman–Crippen MR) is 117 cm³/mol. The largest absolute Gasteiger partial charge is 0.326 e. The third-order valence-electron chi connectivity index (χ3n) is 5.16. The highest BCUT2D eigenvalue weighted by molar-refractivity contribution is 7.89. The Bertz CT molecular complexity index is 980. The van der Waals surface area contributed by atoms with Gasteiger partial charge in [0.1, 0.15) is 4.90 Å².